The predicted octanol–water partition coefficient (Wildman–Crippen LogP) is 1.63. The van der Waals surface area contributed by atoms with Crippen LogP contribution in [0.25, 0.3) is 0 Å². The fourth-order valence-electron chi connectivity index (χ4n) is 1.53. The smallest absolute Gasteiger partial charge is 0.273 e. The van der Waals surface area contributed by atoms with E-state index in [1.54, 1.807) is 19.1 Å². The first kappa shape index (κ1) is 14.5. The molecule has 0 spiro atoms. The largest absolute Gasteiger partial charge is 0.478 e. The summed E-state index contributed by atoms with van der Waals surface area (Å²) in [6.07, 6.45) is 1.39. The number of sulfonamides is 1. The van der Waals surface area contributed by atoms with Crippen LogP contribution in [0.2, 0.25) is 0 Å². The lowest BCUT2D eigenvalue weighted by Gasteiger charge is -2.07. The molecule has 0 radical (unpaired) electrons. The number of nitrogens with zero attached hydrogens (tertiary/aromatic N) is 2. The Morgan fingerprint density at radius 3 is 2.70 bits per heavy atom. The molecule has 7 nitrogen and oxygen atoms in total. The third-order valence-corrected chi connectivity index (χ3v) is 5.27. The average molecular weight is 314 g/mol. The van der Waals surface area contributed by atoms with Crippen molar-refractivity contribution in [2.45, 2.75) is 18.1 Å². The number of hydrogen-bond acceptors (Lipinski definition) is 7. The van der Waals surface area contributed by atoms with Crippen LogP contribution in [-0.2, 0) is 10.0 Å². The zero-order chi connectivity index (χ0) is 14.8. The van der Waals surface area contributed by atoms with Crippen LogP contribution in [0, 0.1) is 6.92 Å². The van der Waals surface area contributed by atoms with Crippen molar-refractivity contribution in [2.75, 3.05) is 17.1 Å². The van der Waals surface area contributed by atoms with Gasteiger partial charge in [-0.15, -0.1) is 0 Å². The van der Waals surface area contributed by atoms with Crippen LogP contribution in [0.4, 0.5) is 10.8 Å². The van der Waals surface area contributed by atoms with Crippen molar-refractivity contribution >= 4 is 32.2 Å². The lowest BCUT2D eigenvalue weighted by atomic mass is 10.4. The molecule has 0 saturated heterocycles. The van der Waals surface area contributed by atoms with Crippen LogP contribution in [0.3, 0.4) is 0 Å². The maximum absolute atomic E-state index is 12.2. The summed E-state index contributed by atoms with van der Waals surface area (Å²) in [5.41, 5.74) is 6.23. The summed E-state index contributed by atoms with van der Waals surface area (Å²) in [7, 11) is -3.70. The van der Waals surface area contributed by atoms with Crippen molar-refractivity contribution in [3.8, 4) is 5.88 Å². The summed E-state index contributed by atoms with van der Waals surface area (Å²) >= 11 is 0.923. The lowest BCUT2D eigenvalue weighted by molar-refractivity contribution is 0.327. The number of ether oxygens (including phenoxy) is 1. The van der Waals surface area contributed by atoms with Crippen molar-refractivity contribution in [1.82, 2.24) is 9.97 Å². The second-order valence-corrected chi connectivity index (χ2v) is 6.76. The molecule has 0 aromatic carbocycles. The number of anilines is 2. The fraction of sp³-hybridized carbons (Fsp3) is 0.273. The third-order valence-electron chi connectivity index (χ3n) is 2.30. The minimum Gasteiger partial charge on any atom is -0.478 e. The van der Waals surface area contributed by atoms with Gasteiger partial charge >= 0.3 is 0 Å². The van der Waals surface area contributed by atoms with Gasteiger partial charge in [0, 0.05) is 6.07 Å². The van der Waals surface area contributed by atoms with E-state index in [4.69, 9.17) is 10.5 Å². The Bertz CT molecular complexity index is 695. The molecule has 2 aromatic heterocycles. The Balaban J connectivity index is 2.22. The second-order valence-electron chi connectivity index (χ2n) is 3.85. The quantitative estimate of drug-likeness (QED) is 0.868. The molecule has 20 heavy (non-hydrogen) atoms. The van der Waals surface area contributed by atoms with Crippen LogP contribution < -0.4 is 15.2 Å². The van der Waals surface area contributed by atoms with Gasteiger partial charge in [0.05, 0.1) is 24.2 Å². The normalized spacial score (nSPS) is 11.3. The molecule has 0 aliphatic heterocycles. The van der Waals surface area contributed by atoms with E-state index in [1.165, 1.54) is 6.20 Å². The van der Waals surface area contributed by atoms with E-state index in [0.29, 0.717) is 23.9 Å². The van der Waals surface area contributed by atoms with Gasteiger partial charge in [0.1, 0.15) is 0 Å². The molecule has 9 heteroatoms. The van der Waals surface area contributed by atoms with E-state index in [-0.39, 0.29) is 9.34 Å². The fourth-order valence-corrected chi connectivity index (χ4v) is 3.87. The van der Waals surface area contributed by atoms with E-state index in [1.807, 2.05) is 6.92 Å². The third kappa shape index (κ3) is 3.17. The number of aryl methyl sites for hydroxylation is 1. The molecule has 108 valence electrons. The summed E-state index contributed by atoms with van der Waals surface area (Å²) in [6, 6.07) is 3.17. The number of hydrogen-bond donors (Lipinski definition) is 2. The first-order chi connectivity index (χ1) is 9.42. The van der Waals surface area contributed by atoms with Crippen LogP contribution in [0.15, 0.2) is 22.5 Å². The molecule has 3 N–H and O–H groups in total. The zero-order valence-corrected chi connectivity index (χ0v) is 12.6. The topological polar surface area (TPSA) is 107 Å². The van der Waals surface area contributed by atoms with Crippen LogP contribution in [0.1, 0.15) is 12.6 Å². The van der Waals surface area contributed by atoms with Gasteiger partial charge in [-0.2, -0.15) is 0 Å². The van der Waals surface area contributed by atoms with Gasteiger partial charge in [-0.3, -0.25) is 4.72 Å². The van der Waals surface area contributed by atoms with E-state index >= 15 is 0 Å². The van der Waals surface area contributed by atoms with E-state index in [0.717, 1.165) is 11.3 Å². The molecule has 0 aliphatic rings. The molecule has 0 amide bonds. The molecule has 0 saturated carbocycles. The number of pyridine rings is 1. The average Bonchev–Trinajstić information content (AvgIpc) is 2.72. The lowest BCUT2D eigenvalue weighted by Crippen LogP contribution is -2.12. The molecule has 2 rings (SSSR count). The van der Waals surface area contributed by atoms with Crippen molar-refractivity contribution in [2.24, 2.45) is 0 Å². The minimum atomic E-state index is -3.70. The molecule has 0 bridgehead atoms. The number of nitrogen functional groups attached to an aromatic ring is 1. The number of nitrogens with one attached hydrogen (secondary N) is 1. The van der Waals surface area contributed by atoms with Gasteiger partial charge in [-0.25, -0.2) is 18.4 Å². The monoisotopic (exact) mass is 314 g/mol. The minimum absolute atomic E-state index is 0.101. The van der Waals surface area contributed by atoms with Crippen molar-refractivity contribution in [3.05, 3.63) is 24.0 Å². The predicted molar refractivity (Wildman–Crippen MR) is 77.5 cm³/mol. The van der Waals surface area contributed by atoms with Gasteiger partial charge in [0.2, 0.25) is 5.88 Å². The summed E-state index contributed by atoms with van der Waals surface area (Å²) in [5, 5.41) is 0.215. The Morgan fingerprint density at radius 1 is 1.45 bits per heavy atom. The molecule has 2 heterocycles. The highest BCUT2D eigenvalue weighted by molar-refractivity contribution is 7.94. The van der Waals surface area contributed by atoms with E-state index < -0.39 is 10.0 Å². The van der Waals surface area contributed by atoms with E-state index in [2.05, 4.69) is 14.7 Å². The van der Waals surface area contributed by atoms with Crippen molar-refractivity contribution in [1.29, 1.82) is 0 Å². The summed E-state index contributed by atoms with van der Waals surface area (Å²) in [6.45, 7) is 3.94. The van der Waals surface area contributed by atoms with Crippen LogP contribution >= 0.6 is 11.3 Å². The Labute approximate surface area is 120 Å². The van der Waals surface area contributed by atoms with Gasteiger partial charge < -0.3 is 10.5 Å². The molecule has 2 aromatic rings. The van der Waals surface area contributed by atoms with Crippen molar-refractivity contribution < 1.29 is 13.2 Å². The zero-order valence-electron chi connectivity index (χ0n) is 11.0. The molecule has 0 unspecified atom stereocenters. The van der Waals surface area contributed by atoms with Gasteiger partial charge in [-0.05, 0) is 19.9 Å². The number of aromatic nitrogens is 2. The molecule has 0 atom stereocenters. The highest BCUT2D eigenvalue weighted by atomic mass is 32.2. The van der Waals surface area contributed by atoms with Crippen LogP contribution in [-0.4, -0.2) is 25.0 Å². The summed E-state index contributed by atoms with van der Waals surface area (Å²) < 4.78 is 32.1. The number of nitrogens with two attached hydrogens (primary N) is 1. The van der Waals surface area contributed by atoms with Gasteiger partial charge in [-0.1, -0.05) is 11.3 Å². The molecular formula is C11H14N4O3S2. The number of rotatable bonds is 5. The molecule has 0 fully saturated rings. The van der Waals surface area contributed by atoms with Gasteiger partial charge in [0.25, 0.3) is 10.0 Å². The summed E-state index contributed by atoms with van der Waals surface area (Å²) in [4.78, 5) is 7.89. The van der Waals surface area contributed by atoms with Crippen molar-refractivity contribution in [3.63, 3.8) is 0 Å². The van der Waals surface area contributed by atoms with E-state index in [9.17, 15) is 8.42 Å². The second kappa shape index (κ2) is 5.63. The Kier molecular flexibility index (Phi) is 4.09. The first-order valence-corrected chi connectivity index (χ1v) is 8.07. The molecular weight excluding hydrogens is 300 g/mol. The standard InChI is InChI=1S/C11H14N4O3S2/c1-3-18-9-5-4-8(6-13-9)15-20(16,17)10-7(2)14-11(12)19-10/h4-6,15H,3H2,1-2H3,(H2,12,14). The maximum atomic E-state index is 12.2. The Morgan fingerprint density at radius 2 is 2.20 bits per heavy atom. The SMILES string of the molecule is CCOc1ccc(NS(=O)(=O)c2sc(N)nc2C)cn1. The van der Waals surface area contributed by atoms with Gasteiger partial charge in [0.15, 0.2) is 9.34 Å². The Hall–Kier alpha value is -1.87. The first-order valence-electron chi connectivity index (χ1n) is 5.77. The molecule has 0 aliphatic carbocycles. The highest BCUT2D eigenvalue weighted by Crippen LogP contribution is 2.27. The van der Waals surface area contributed by atoms with Crippen LogP contribution in [0.5, 0.6) is 5.88 Å². The summed E-state index contributed by atoms with van der Waals surface area (Å²) in [5.74, 6) is 0.439. The number of thiazole rings is 1. The maximum Gasteiger partial charge on any atom is 0.273 e. The highest BCUT2D eigenvalue weighted by Gasteiger charge is 2.21.